The van der Waals surface area contributed by atoms with Gasteiger partial charge in [-0.2, -0.15) is 26.3 Å². The van der Waals surface area contributed by atoms with Gasteiger partial charge >= 0.3 is 18.3 Å². The van der Waals surface area contributed by atoms with Gasteiger partial charge < -0.3 is 19.9 Å². The monoisotopic (exact) mass is 777 g/mol. The Morgan fingerprint density at radius 2 is 1.29 bits per heavy atom. The molecule has 5 aromatic rings. The zero-order valence-corrected chi connectivity index (χ0v) is 30.6. The number of carbonyl (C=O) groups excluding carboxylic acids is 1. The fourth-order valence-electron chi connectivity index (χ4n) is 6.36. The van der Waals surface area contributed by atoms with E-state index in [1.54, 1.807) is 0 Å². The van der Waals surface area contributed by atoms with E-state index in [-0.39, 0.29) is 58.0 Å². The van der Waals surface area contributed by atoms with Crippen LogP contribution in [0.3, 0.4) is 0 Å². The van der Waals surface area contributed by atoms with Crippen LogP contribution in [0, 0.1) is 0 Å². The van der Waals surface area contributed by atoms with Crippen LogP contribution in [0.15, 0.2) is 109 Å². The molecule has 2 N–H and O–H groups in total. The van der Waals surface area contributed by atoms with Crippen LogP contribution >= 0.6 is 0 Å². The quantitative estimate of drug-likeness (QED) is 0.0725. The van der Waals surface area contributed by atoms with Crippen LogP contribution in [0.2, 0.25) is 0 Å². The first-order valence-electron chi connectivity index (χ1n) is 18.1. The van der Waals surface area contributed by atoms with Gasteiger partial charge in [-0.1, -0.05) is 92.4 Å². The molecule has 0 spiro atoms. The highest BCUT2D eigenvalue weighted by atomic mass is 19.4. The summed E-state index contributed by atoms with van der Waals surface area (Å²) in [4.78, 5) is 24.9. The summed E-state index contributed by atoms with van der Waals surface area (Å²) >= 11 is 0. The number of carboxylic acid groups (broad SMARTS) is 1. The van der Waals surface area contributed by atoms with Crippen molar-refractivity contribution in [1.29, 1.82) is 0 Å². The first-order chi connectivity index (χ1) is 26.7. The Balaban J connectivity index is 1.40. The molecule has 0 aliphatic rings. The number of para-hydroxylation sites is 1. The van der Waals surface area contributed by atoms with Crippen molar-refractivity contribution in [3.63, 3.8) is 0 Å². The van der Waals surface area contributed by atoms with Crippen LogP contribution in [0.5, 0.6) is 11.5 Å². The predicted molar refractivity (Wildman–Crippen MR) is 202 cm³/mol. The number of ether oxygens (including phenoxy) is 2. The predicted octanol–water partition coefficient (Wildman–Crippen LogP) is 11.7. The van der Waals surface area contributed by atoms with Gasteiger partial charge in [-0.3, -0.25) is 4.79 Å². The number of hydrogen-bond acceptors (Lipinski definition) is 4. The largest absolute Gasteiger partial charge is 0.496 e. The maximum absolute atomic E-state index is 14.3. The summed E-state index contributed by atoms with van der Waals surface area (Å²) < 4.78 is 95.6. The first kappa shape index (κ1) is 41.4. The third-order valence-corrected chi connectivity index (χ3v) is 9.25. The van der Waals surface area contributed by atoms with E-state index in [9.17, 15) is 41.0 Å². The topological polar surface area (TPSA) is 84.9 Å². The molecule has 5 aromatic carbocycles. The number of aromatic carboxylic acids is 1. The lowest BCUT2D eigenvalue weighted by atomic mass is 9.93. The molecule has 0 aliphatic carbocycles. The van der Waals surface area contributed by atoms with E-state index in [2.05, 4.69) is 17.4 Å². The highest BCUT2D eigenvalue weighted by molar-refractivity contribution is 5.96. The second-order valence-electron chi connectivity index (χ2n) is 13.3. The molecule has 0 atom stereocenters. The molecule has 0 aromatic heterocycles. The highest BCUT2D eigenvalue weighted by Crippen LogP contribution is 2.43. The van der Waals surface area contributed by atoms with E-state index >= 15 is 0 Å². The number of alkyl halides is 6. The van der Waals surface area contributed by atoms with Crippen molar-refractivity contribution in [2.24, 2.45) is 0 Å². The molecule has 0 unspecified atom stereocenters. The van der Waals surface area contributed by atoms with Crippen molar-refractivity contribution >= 4 is 11.9 Å². The average Bonchev–Trinajstić information content (AvgIpc) is 3.18. The van der Waals surface area contributed by atoms with Crippen LogP contribution in [0.25, 0.3) is 22.3 Å². The number of amides is 1. The molecule has 0 bridgehead atoms. The van der Waals surface area contributed by atoms with Crippen molar-refractivity contribution in [3.05, 3.63) is 143 Å². The number of rotatable bonds is 17. The molecule has 56 heavy (non-hydrogen) atoms. The summed E-state index contributed by atoms with van der Waals surface area (Å²) in [7, 11) is 1.28. The Morgan fingerprint density at radius 3 is 1.96 bits per heavy atom. The van der Waals surface area contributed by atoms with E-state index in [4.69, 9.17) is 9.47 Å². The third kappa shape index (κ3) is 11.1. The van der Waals surface area contributed by atoms with E-state index in [1.807, 2.05) is 18.2 Å². The molecule has 5 rings (SSSR count). The number of carbonyl (C=O) groups is 2. The van der Waals surface area contributed by atoms with Crippen molar-refractivity contribution < 1.29 is 50.5 Å². The molecule has 1 amide bonds. The fourth-order valence-corrected chi connectivity index (χ4v) is 6.36. The van der Waals surface area contributed by atoms with Crippen LogP contribution in [0.4, 0.5) is 26.3 Å². The molecule has 0 heterocycles. The van der Waals surface area contributed by atoms with E-state index in [1.165, 1.54) is 67.3 Å². The van der Waals surface area contributed by atoms with E-state index in [0.717, 1.165) is 62.8 Å². The van der Waals surface area contributed by atoms with Gasteiger partial charge in [-0.05, 0) is 84.0 Å². The Hall–Kier alpha value is -5.78. The number of carboxylic acids is 1. The van der Waals surface area contributed by atoms with E-state index < -0.39 is 35.4 Å². The Morgan fingerprint density at radius 1 is 0.643 bits per heavy atom. The lowest BCUT2D eigenvalue weighted by Gasteiger charge is -2.19. The molecule has 0 saturated carbocycles. The summed E-state index contributed by atoms with van der Waals surface area (Å²) in [5.74, 6) is -1.97. The smallest absolute Gasteiger partial charge is 0.416 e. The summed E-state index contributed by atoms with van der Waals surface area (Å²) in [5, 5.41) is 12.2. The fraction of sp³-hybridized carbons (Fsp3) is 0.273. The maximum Gasteiger partial charge on any atom is 0.416 e. The van der Waals surface area contributed by atoms with Gasteiger partial charge in [0.25, 0.3) is 5.91 Å². The number of benzene rings is 5. The Kier molecular flexibility index (Phi) is 13.8. The molecular weight excluding hydrogens is 736 g/mol. The summed E-state index contributed by atoms with van der Waals surface area (Å²) in [5.41, 5.74) is -0.446. The normalized spacial score (nSPS) is 11.6. The molecule has 6 nitrogen and oxygen atoms in total. The minimum atomic E-state index is -4.84. The number of aryl methyl sites for hydroxylation is 1. The molecule has 0 saturated heterocycles. The van der Waals surface area contributed by atoms with Crippen LogP contribution in [-0.2, 0) is 25.4 Å². The molecule has 0 radical (unpaired) electrons. The molecule has 0 aliphatic heterocycles. The summed E-state index contributed by atoms with van der Waals surface area (Å²) in [6.07, 6.45) is -2.89. The van der Waals surface area contributed by atoms with Gasteiger partial charge in [-0.15, -0.1) is 0 Å². The van der Waals surface area contributed by atoms with Gasteiger partial charge in [0.1, 0.15) is 23.7 Å². The zero-order valence-electron chi connectivity index (χ0n) is 30.6. The van der Waals surface area contributed by atoms with Gasteiger partial charge in [0.2, 0.25) is 0 Å². The van der Waals surface area contributed by atoms with Gasteiger partial charge in [0.05, 0.1) is 18.2 Å². The third-order valence-electron chi connectivity index (χ3n) is 9.25. The molecule has 12 heteroatoms. The molecule has 0 fully saturated rings. The first-order valence-corrected chi connectivity index (χ1v) is 18.1. The summed E-state index contributed by atoms with van der Waals surface area (Å²) in [6.45, 7) is -0.00346. The standard InChI is InChI=1S/C44H41F6NO5/c1-55-39-23-30(20-21-38(39)42(53)54)28-56-40-36(31-16-11-17-34(25-31)43(45,46)47)18-12-19-37(40)32-24-33(27-35(26-32)44(48,49)50)41(52)51-22-10-5-3-2-4-7-13-29-14-8-6-9-15-29/h6,8-9,11-12,14-21,23-27H,2-5,7,10,13,22,28H2,1H3,(H,51,52)(H,53,54). The molecular formula is C44H41F6NO5. The van der Waals surface area contributed by atoms with Gasteiger partial charge in [-0.25, -0.2) is 4.79 Å². The lowest BCUT2D eigenvalue weighted by Crippen LogP contribution is -2.25. The highest BCUT2D eigenvalue weighted by Gasteiger charge is 2.33. The van der Waals surface area contributed by atoms with Crippen molar-refractivity contribution in [2.45, 2.75) is 63.9 Å². The Bertz CT molecular complexity index is 2110. The van der Waals surface area contributed by atoms with E-state index in [0.29, 0.717) is 12.0 Å². The summed E-state index contributed by atoms with van der Waals surface area (Å²) in [6, 6.07) is 26.2. The minimum Gasteiger partial charge on any atom is -0.496 e. The minimum absolute atomic E-state index is 0.0253. The molecule has 294 valence electrons. The van der Waals surface area contributed by atoms with Crippen molar-refractivity contribution in [1.82, 2.24) is 5.32 Å². The second kappa shape index (κ2) is 18.7. The van der Waals surface area contributed by atoms with Crippen molar-refractivity contribution in [2.75, 3.05) is 13.7 Å². The van der Waals surface area contributed by atoms with Crippen molar-refractivity contribution in [3.8, 4) is 33.8 Å². The van der Waals surface area contributed by atoms with Crippen LogP contribution in [0.1, 0.15) is 81.5 Å². The number of nitrogens with one attached hydrogen (secondary N) is 1. The number of unbranched alkanes of at least 4 members (excludes halogenated alkanes) is 5. The van der Waals surface area contributed by atoms with Crippen LogP contribution < -0.4 is 14.8 Å². The number of methoxy groups -OCH3 is 1. The second-order valence-corrected chi connectivity index (χ2v) is 13.3. The van der Waals surface area contributed by atoms with Crippen LogP contribution in [-0.4, -0.2) is 30.6 Å². The van der Waals surface area contributed by atoms with Gasteiger partial charge in [0, 0.05) is 23.2 Å². The van der Waals surface area contributed by atoms with Gasteiger partial charge in [0.15, 0.2) is 0 Å². The average molecular weight is 778 g/mol. The zero-order chi connectivity index (χ0) is 40.3. The lowest BCUT2D eigenvalue weighted by molar-refractivity contribution is -0.138. The number of hydrogen-bond donors (Lipinski definition) is 2. The SMILES string of the molecule is COc1cc(COc2c(-c3cccc(C(F)(F)F)c3)cccc2-c2cc(C(=O)NCCCCCCCCc3ccccc3)cc(C(F)(F)F)c2)ccc1C(=O)O. The maximum atomic E-state index is 14.3. The number of halogens is 6. The Labute approximate surface area is 321 Å².